The molecule has 1 aliphatic heterocycles. The lowest BCUT2D eigenvalue weighted by atomic mass is 10.1. The summed E-state index contributed by atoms with van der Waals surface area (Å²) in [7, 11) is 1.57. The fourth-order valence-electron chi connectivity index (χ4n) is 2.34. The van der Waals surface area contributed by atoms with Crippen LogP contribution in [0.15, 0.2) is 30.3 Å². The second-order valence-electron chi connectivity index (χ2n) is 4.91. The average molecular weight is 285 g/mol. The van der Waals surface area contributed by atoms with Gasteiger partial charge in [0.25, 0.3) is 0 Å². The third kappa shape index (κ3) is 2.79. The average Bonchev–Trinajstić information content (AvgIpc) is 2.93. The number of anilines is 1. The van der Waals surface area contributed by atoms with Crippen molar-refractivity contribution < 1.29 is 14.3 Å². The summed E-state index contributed by atoms with van der Waals surface area (Å²) in [4.78, 5) is 27.5. The highest BCUT2D eigenvalue weighted by atomic mass is 16.5. The first-order valence-electron chi connectivity index (χ1n) is 6.71. The summed E-state index contributed by atoms with van der Waals surface area (Å²) in [6.45, 7) is 0. The van der Waals surface area contributed by atoms with E-state index in [9.17, 15) is 9.59 Å². The molecular weight excluding hydrogens is 270 g/mol. The van der Waals surface area contributed by atoms with E-state index >= 15 is 0 Å². The Hall–Kier alpha value is -2.63. The van der Waals surface area contributed by atoms with Crippen molar-refractivity contribution in [2.24, 2.45) is 0 Å². The number of hydrogen-bond acceptors (Lipinski definition) is 4. The molecular formula is C15H15N3O3. The molecule has 1 aromatic heterocycles. The van der Waals surface area contributed by atoms with Crippen molar-refractivity contribution in [3.8, 4) is 5.88 Å². The molecule has 0 saturated carbocycles. The molecule has 0 spiro atoms. The zero-order valence-electron chi connectivity index (χ0n) is 11.6. The fraction of sp³-hybridized carbons (Fsp3) is 0.267. The number of pyridine rings is 1. The van der Waals surface area contributed by atoms with Gasteiger partial charge < -0.3 is 15.4 Å². The summed E-state index contributed by atoms with van der Waals surface area (Å²) >= 11 is 0. The normalized spacial score (nSPS) is 17.6. The van der Waals surface area contributed by atoms with E-state index in [1.807, 2.05) is 18.2 Å². The lowest BCUT2D eigenvalue weighted by molar-refractivity contribution is -0.122. The first kappa shape index (κ1) is 13.4. The number of aromatic nitrogens is 1. The Morgan fingerprint density at radius 2 is 2.24 bits per heavy atom. The number of nitrogens with zero attached hydrogens (tertiary/aromatic N) is 1. The number of carbonyl (C=O) groups excluding carboxylic acids is 2. The van der Waals surface area contributed by atoms with Crippen LogP contribution < -0.4 is 15.4 Å². The van der Waals surface area contributed by atoms with Gasteiger partial charge in [0, 0.05) is 23.6 Å². The van der Waals surface area contributed by atoms with Crippen molar-refractivity contribution >= 4 is 28.4 Å². The third-order valence-electron chi connectivity index (χ3n) is 3.45. The number of rotatable bonds is 3. The number of ether oxygens (including phenoxy) is 1. The summed E-state index contributed by atoms with van der Waals surface area (Å²) in [5.74, 6) is 0.277. The summed E-state index contributed by atoms with van der Waals surface area (Å²) in [5, 5.41) is 6.37. The smallest absolute Gasteiger partial charge is 0.246 e. The van der Waals surface area contributed by atoms with E-state index in [1.54, 1.807) is 19.2 Å². The second-order valence-corrected chi connectivity index (χ2v) is 4.91. The molecule has 1 fully saturated rings. The number of methoxy groups -OCH3 is 1. The molecule has 2 heterocycles. The van der Waals surface area contributed by atoms with Crippen LogP contribution in [-0.2, 0) is 9.59 Å². The summed E-state index contributed by atoms with van der Waals surface area (Å²) in [6, 6.07) is 8.65. The molecule has 2 aromatic rings. The minimum Gasteiger partial charge on any atom is -0.481 e. The number of carbonyl (C=O) groups is 2. The van der Waals surface area contributed by atoms with E-state index in [0.29, 0.717) is 24.4 Å². The fourth-order valence-corrected chi connectivity index (χ4v) is 2.34. The van der Waals surface area contributed by atoms with Crippen molar-refractivity contribution in [1.82, 2.24) is 10.3 Å². The molecule has 6 heteroatoms. The van der Waals surface area contributed by atoms with E-state index in [2.05, 4.69) is 15.6 Å². The molecule has 3 rings (SSSR count). The third-order valence-corrected chi connectivity index (χ3v) is 3.45. The molecule has 108 valence electrons. The van der Waals surface area contributed by atoms with E-state index in [1.165, 1.54) is 0 Å². The van der Waals surface area contributed by atoms with Gasteiger partial charge in [-0.1, -0.05) is 0 Å². The van der Waals surface area contributed by atoms with Gasteiger partial charge in [-0.2, -0.15) is 0 Å². The largest absolute Gasteiger partial charge is 0.481 e. The summed E-state index contributed by atoms with van der Waals surface area (Å²) in [6.07, 6.45) is 0.941. The van der Waals surface area contributed by atoms with Gasteiger partial charge in [0.15, 0.2) is 0 Å². The van der Waals surface area contributed by atoms with Crippen LogP contribution >= 0.6 is 0 Å². The van der Waals surface area contributed by atoms with Crippen LogP contribution in [0.25, 0.3) is 10.9 Å². The molecule has 2 amide bonds. The quantitative estimate of drug-likeness (QED) is 0.894. The highest BCUT2D eigenvalue weighted by Crippen LogP contribution is 2.21. The van der Waals surface area contributed by atoms with Crippen LogP contribution in [0.5, 0.6) is 5.88 Å². The molecule has 2 N–H and O–H groups in total. The predicted octanol–water partition coefficient (Wildman–Crippen LogP) is 1.46. The second kappa shape index (κ2) is 5.40. The lowest BCUT2D eigenvalue weighted by Gasteiger charge is -2.11. The van der Waals surface area contributed by atoms with Crippen molar-refractivity contribution in [2.45, 2.75) is 18.9 Å². The minimum atomic E-state index is -0.442. The monoisotopic (exact) mass is 285 g/mol. The van der Waals surface area contributed by atoms with Gasteiger partial charge in [0.05, 0.1) is 12.6 Å². The Morgan fingerprint density at radius 1 is 1.38 bits per heavy atom. The highest BCUT2D eigenvalue weighted by molar-refractivity contribution is 6.00. The van der Waals surface area contributed by atoms with E-state index < -0.39 is 6.04 Å². The van der Waals surface area contributed by atoms with Gasteiger partial charge in [-0.15, -0.1) is 0 Å². The maximum atomic E-state index is 12.0. The molecule has 0 radical (unpaired) electrons. The van der Waals surface area contributed by atoms with Crippen molar-refractivity contribution in [3.05, 3.63) is 30.3 Å². The van der Waals surface area contributed by atoms with E-state index in [0.717, 1.165) is 10.9 Å². The SMILES string of the molecule is COc1ccc2cc(NC(=O)[C@@H]3CCC(=O)N3)ccc2n1. The van der Waals surface area contributed by atoms with Crippen LogP contribution in [0.4, 0.5) is 5.69 Å². The van der Waals surface area contributed by atoms with Crippen LogP contribution in [0.3, 0.4) is 0 Å². The Balaban J connectivity index is 1.78. The molecule has 1 atom stereocenters. The van der Waals surface area contributed by atoms with Crippen molar-refractivity contribution in [1.29, 1.82) is 0 Å². The number of nitrogens with one attached hydrogen (secondary N) is 2. The Bertz CT molecular complexity index is 714. The van der Waals surface area contributed by atoms with Crippen LogP contribution in [0.2, 0.25) is 0 Å². The van der Waals surface area contributed by atoms with E-state index in [4.69, 9.17) is 4.74 Å². The molecule has 1 aliphatic rings. The molecule has 0 aliphatic carbocycles. The predicted molar refractivity (Wildman–Crippen MR) is 78.1 cm³/mol. The molecule has 1 aromatic carbocycles. The Morgan fingerprint density at radius 3 is 2.95 bits per heavy atom. The molecule has 21 heavy (non-hydrogen) atoms. The summed E-state index contributed by atoms with van der Waals surface area (Å²) in [5.41, 5.74) is 1.47. The summed E-state index contributed by atoms with van der Waals surface area (Å²) < 4.78 is 5.07. The topological polar surface area (TPSA) is 80.3 Å². The van der Waals surface area contributed by atoms with Crippen LogP contribution in [-0.4, -0.2) is 29.9 Å². The first-order chi connectivity index (χ1) is 10.2. The van der Waals surface area contributed by atoms with Crippen LogP contribution in [0.1, 0.15) is 12.8 Å². The zero-order chi connectivity index (χ0) is 14.8. The van der Waals surface area contributed by atoms with Gasteiger partial charge in [-0.05, 0) is 30.7 Å². The molecule has 0 unspecified atom stereocenters. The standard InChI is InChI=1S/C15H15N3O3/c1-21-14-7-2-9-8-10(3-4-11(9)18-14)16-15(20)12-5-6-13(19)17-12/h2-4,7-8,12H,5-6H2,1H3,(H,16,20)(H,17,19)/t12-/m0/s1. The number of amides is 2. The van der Waals surface area contributed by atoms with Crippen molar-refractivity contribution in [3.63, 3.8) is 0 Å². The minimum absolute atomic E-state index is 0.0787. The first-order valence-corrected chi connectivity index (χ1v) is 6.71. The maximum absolute atomic E-state index is 12.0. The van der Waals surface area contributed by atoms with Crippen LogP contribution in [0, 0.1) is 0 Å². The Labute approximate surface area is 121 Å². The van der Waals surface area contributed by atoms with Crippen molar-refractivity contribution in [2.75, 3.05) is 12.4 Å². The van der Waals surface area contributed by atoms with Gasteiger partial charge in [0.2, 0.25) is 17.7 Å². The molecule has 0 bridgehead atoms. The van der Waals surface area contributed by atoms with Gasteiger partial charge >= 0.3 is 0 Å². The molecule has 6 nitrogen and oxygen atoms in total. The van der Waals surface area contributed by atoms with E-state index in [-0.39, 0.29) is 11.8 Å². The zero-order valence-corrected chi connectivity index (χ0v) is 11.6. The number of hydrogen-bond donors (Lipinski definition) is 2. The van der Waals surface area contributed by atoms with Gasteiger partial charge in [-0.25, -0.2) is 4.98 Å². The maximum Gasteiger partial charge on any atom is 0.246 e. The molecule has 1 saturated heterocycles. The lowest BCUT2D eigenvalue weighted by Crippen LogP contribution is -2.37. The van der Waals surface area contributed by atoms with Gasteiger partial charge in [0.1, 0.15) is 6.04 Å². The highest BCUT2D eigenvalue weighted by Gasteiger charge is 2.27. The number of fused-ring (bicyclic) bond motifs is 1. The van der Waals surface area contributed by atoms with Gasteiger partial charge in [-0.3, -0.25) is 9.59 Å². The Kier molecular flexibility index (Phi) is 3.43. The number of benzene rings is 1.